The molecular formula is C15H26N2O3. The average molecular weight is 282 g/mol. The number of amides is 1. The fraction of sp³-hybridized carbons (Fsp3) is 0.867. The molecule has 1 amide bonds. The molecule has 1 N–H and O–H groups in total. The predicted octanol–water partition coefficient (Wildman–Crippen LogP) is 1.32. The molecule has 0 aromatic rings. The summed E-state index contributed by atoms with van der Waals surface area (Å²) in [6.45, 7) is 3.82. The van der Waals surface area contributed by atoms with E-state index >= 15 is 0 Å². The Hall–Kier alpha value is -1.10. The Morgan fingerprint density at radius 1 is 1.25 bits per heavy atom. The zero-order chi connectivity index (χ0) is 14.5. The second-order valence-electron chi connectivity index (χ2n) is 6.01. The molecule has 0 aromatic carbocycles. The third kappa shape index (κ3) is 3.51. The van der Waals surface area contributed by atoms with Crippen LogP contribution in [0.4, 0.5) is 0 Å². The molecule has 5 heteroatoms. The van der Waals surface area contributed by atoms with Gasteiger partial charge in [0.05, 0.1) is 19.6 Å². The minimum Gasteiger partial charge on any atom is -0.469 e. The molecule has 2 heterocycles. The molecular weight excluding hydrogens is 256 g/mol. The van der Waals surface area contributed by atoms with Crippen molar-refractivity contribution in [3.8, 4) is 0 Å². The largest absolute Gasteiger partial charge is 0.469 e. The molecule has 0 radical (unpaired) electrons. The first-order chi connectivity index (χ1) is 9.63. The summed E-state index contributed by atoms with van der Waals surface area (Å²) < 4.78 is 4.76. The van der Waals surface area contributed by atoms with E-state index in [9.17, 15) is 9.59 Å². The molecule has 2 rings (SSSR count). The van der Waals surface area contributed by atoms with E-state index in [0.717, 1.165) is 45.2 Å². The van der Waals surface area contributed by atoms with Gasteiger partial charge in [-0.05, 0) is 44.6 Å². The summed E-state index contributed by atoms with van der Waals surface area (Å²) in [7, 11) is 1.40. The van der Waals surface area contributed by atoms with Gasteiger partial charge in [-0.2, -0.15) is 0 Å². The van der Waals surface area contributed by atoms with E-state index < -0.39 is 0 Å². The summed E-state index contributed by atoms with van der Waals surface area (Å²) in [5, 5.41) is 3.35. The van der Waals surface area contributed by atoms with Crippen LogP contribution >= 0.6 is 0 Å². The summed E-state index contributed by atoms with van der Waals surface area (Å²) in [6.07, 6.45) is 5.57. The van der Waals surface area contributed by atoms with Crippen LogP contribution in [0.5, 0.6) is 0 Å². The number of hydrogen-bond acceptors (Lipinski definition) is 4. The second-order valence-corrected chi connectivity index (χ2v) is 6.01. The highest BCUT2D eigenvalue weighted by atomic mass is 16.5. The zero-order valence-corrected chi connectivity index (χ0v) is 12.6. The molecule has 2 saturated heterocycles. The van der Waals surface area contributed by atoms with Gasteiger partial charge in [-0.3, -0.25) is 9.59 Å². The van der Waals surface area contributed by atoms with Crippen molar-refractivity contribution in [1.29, 1.82) is 0 Å². The molecule has 0 bridgehead atoms. The van der Waals surface area contributed by atoms with Crippen LogP contribution in [0.3, 0.4) is 0 Å². The fourth-order valence-corrected chi connectivity index (χ4v) is 3.34. The number of methoxy groups -OCH3 is 1. The van der Waals surface area contributed by atoms with E-state index in [4.69, 9.17) is 4.74 Å². The Morgan fingerprint density at radius 2 is 2.05 bits per heavy atom. The van der Waals surface area contributed by atoms with Gasteiger partial charge in [0.25, 0.3) is 0 Å². The number of nitrogens with one attached hydrogen (secondary N) is 1. The zero-order valence-electron chi connectivity index (χ0n) is 12.6. The lowest BCUT2D eigenvalue weighted by Gasteiger charge is -2.40. The molecule has 20 heavy (non-hydrogen) atoms. The Labute approximate surface area is 121 Å². The number of carbonyl (C=O) groups is 2. The Kier molecular flexibility index (Phi) is 5.40. The minimum atomic E-state index is -0.223. The lowest BCUT2D eigenvalue weighted by Crippen LogP contribution is -2.56. The van der Waals surface area contributed by atoms with Crippen molar-refractivity contribution in [3.05, 3.63) is 0 Å². The number of hydrogen-bond donors (Lipinski definition) is 1. The summed E-state index contributed by atoms with van der Waals surface area (Å²) in [5.41, 5.74) is 0. The number of rotatable bonds is 3. The summed E-state index contributed by atoms with van der Waals surface area (Å²) >= 11 is 0. The first-order valence-corrected chi connectivity index (χ1v) is 7.74. The SMILES string of the molecule is COC(=O)CC1CCCCN1C(=O)C1NCCCC1C. The van der Waals surface area contributed by atoms with Gasteiger partial charge in [0, 0.05) is 12.6 Å². The van der Waals surface area contributed by atoms with Crippen molar-refractivity contribution in [2.45, 2.75) is 57.5 Å². The van der Waals surface area contributed by atoms with Gasteiger partial charge in [0.15, 0.2) is 0 Å². The summed E-state index contributed by atoms with van der Waals surface area (Å²) in [6, 6.07) is -0.0679. The van der Waals surface area contributed by atoms with Gasteiger partial charge in [-0.25, -0.2) is 0 Å². The second kappa shape index (κ2) is 7.07. The molecule has 114 valence electrons. The maximum absolute atomic E-state index is 12.8. The molecule has 2 aliphatic rings. The molecule has 2 aliphatic heterocycles. The third-order valence-corrected chi connectivity index (χ3v) is 4.58. The van der Waals surface area contributed by atoms with Crippen LogP contribution in [0.1, 0.15) is 45.4 Å². The molecule has 3 atom stereocenters. The van der Waals surface area contributed by atoms with Crippen molar-refractivity contribution in [3.63, 3.8) is 0 Å². The average Bonchev–Trinajstić information content (AvgIpc) is 2.47. The highest BCUT2D eigenvalue weighted by Gasteiger charge is 2.35. The van der Waals surface area contributed by atoms with E-state index in [0.29, 0.717) is 12.3 Å². The number of esters is 1. The quantitative estimate of drug-likeness (QED) is 0.793. The lowest BCUT2D eigenvalue weighted by atomic mass is 9.90. The fourth-order valence-electron chi connectivity index (χ4n) is 3.34. The Balaban J connectivity index is 2.02. The monoisotopic (exact) mass is 282 g/mol. The molecule has 2 fully saturated rings. The normalized spacial score (nSPS) is 30.9. The van der Waals surface area contributed by atoms with Crippen LogP contribution < -0.4 is 5.32 Å². The molecule has 3 unspecified atom stereocenters. The Morgan fingerprint density at radius 3 is 2.75 bits per heavy atom. The highest BCUT2D eigenvalue weighted by molar-refractivity contribution is 5.83. The van der Waals surface area contributed by atoms with Crippen LogP contribution in [0.15, 0.2) is 0 Å². The number of nitrogens with zero attached hydrogens (tertiary/aromatic N) is 1. The Bertz CT molecular complexity index is 359. The highest BCUT2D eigenvalue weighted by Crippen LogP contribution is 2.24. The van der Waals surface area contributed by atoms with Gasteiger partial charge in [-0.15, -0.1) is 0 Å². The van der Waals surface area contributed by atoms with Crippen LogP contribution in [-0.4, -0.2) is 49.1 Å². The number of piperidine rings is 2. The maximum Gasteiger partial charge on any atom is 0.307 e. The van der Waals surface area contributed by atoms with Gasteiger partial charge < -0.3 is 15.0 Å². The van der Waals surface area contributed by atoms with Crippen molar-refractivity contribution >= 4 is 11.9 Å². The summed E-state index contributed by atoms with van der Waals surface area (Å²) in [4.78, 5) is 26.2. The standard InChI is InChI=1S/C15H26N2O3/c1-11-6-5-8-16-14(11)15(19)17-9-4-3-7-12(17)10-13(18)20-2/h11-12,14,16H,3-10H2,1-2H3. The first-order valence-electron chi connectivity index (χ1n) is 7.74. The molecule has 0 aliphatic carbocycles. The number of carbonyl (C=O) groups excluding carboxylic acids is 2. The molecule has 0 aromatic heterocycles. The van der Waals surface area contributed by atoms with Crippen LogP contribution in [0.2, 0.25) is 0 Å². The maximum atomic E-state index is 12.8. The van der Waals surface area contributed by atoms with E-state index in [2.05, 4.69) is 12.2 Å². The topological polar surface area (TPSA) is 58.6 Å². The van der Waals surface area contributed by atoms with E-state index in [-0.39, 0.29) is 24.0 Å². The number of ether oxygens (including phenoxy) is 1. The molecule has 0 saturated carbocycles. The molecule has 0 spiro atoms. The van der Waals surface area contributed by atoms with Gasteiger partial charge in [0.2, 0.25) is 5.91 Å². The van der Waals surface area contributed by atoms with Crippen molar-refractivity contribution in [1.82, 2.24) is 10.2 Å². The van der Waals surface area contributed by atoms with Crippen LogP contribution in [-0.2, 0) is 14.3 Å². The van der Waals surface area contributed by atoms with Gasteiger partial charge in [-0.1, -0.05) is 6.92 Å². The van der Waals surface area contributed by atoms with Crippen molar-refractivity contribution < 1.29 is 14.3 Å². The van der Waals surface area contributed by atoms with Crippen LogP contribution in [0.25, 0.3) is 0 Å². The predicted molar refractivity (Wildman–Crippen MR) is 76.2 cm³/mol. The van der Waals surface area contributed by atoms with Crippen molar-refractivity contribution in [2.24, 2.45) is 5.92 Å². The van der Waals surface area contributed by atoms with Crippen LogP contribution in [0, 0.1) is 5.92 Å². The van der Waals surface area contributed by atoms with Gasteiger partial charge >= 0.3 is 5.97 Å². The van der Waals surface area contributed by atoms with E-state index in [1.54, 1.807) is 0 Å². The van der Waals surface area contributed by atoms with E-state index in [1.165, 1.54) is 7.11 Å². The van der Waals surface area contributed by atoms with Crippen molar-refractivity contribution in [2.75, 3.05) is 20.2 Å². The first kappa shape index (κ1) is 15.3. The smallest absolute Gasteiger partial charge is 0.307 e. The number of likely N-dealkylation sites (tertiary alicyclic amines) is 1. The third-order valence-electron chi connectivity index (χ3n) is 4.58. The minimum absolute atomic E-state index is 0.0135. The lowest BCUT2D eigenvalue weighted by molar-refractivity contribution is -0.146. The molecule has 5 nitrogen and oxygen atoms in total. The summed E-state index contributed by atoms with van der Waals surface area (Å²) in [5.74, 6) is 0.321. The van der Waals surface area contributed by atoms with Gasteiger partial charge in [0.1, 0.15) is 0 Å². The van der Waals surface area contributed by atoms with E-state index in [1.807, 2.05) is 4.90 Å².